The molecule has 1 N–H and O–H groups in total. The van der Waals surface area contributed by atoms with E-state index in [4.69, 9.17) is 0 Å². The van der Waals surface area contributed by atoms with E-state index in [1.54, 1.807) is 23.5 Å². The molecule has 0 heterocycles. The lowest BCUT2D eigenvalue weighted by molar-refractivity contribution is 0.196. The summed E-state index contributed by atoms with van der Waals surface area (Å²) >= 11 is 3.40. The highest BCUT2D eigenvalue weighted by Crippen LogP contribution is 2.42. The van der Waals surface area contributed by atoms with Crippen molar-refractivity contribution in [3.8, 4) is 0 Å². The van der Waals surface area contributed by atoms with Gasteiger partial charge in [0, 0.05) is 9.79 Å². The van der Waals surface area contributed by atoms with Crippen molar-refractivity contribution in [3.05, 3.63) is 96.6 Å². The highest BCUT2D eigenvalue weighted by Gasteiger charge is 2.23. The lowest BCUT2D eigenvalue weighted by atomic mass is 10.1. The van der Waals surface area contributed by atoms with Crippen molar-refractivity contribution in [2.75, 3.05) is 0 Å². The molecule has 3 aromatic rings. The Labute approximate surface area is 145 Å². The molecule has 0 saturated carbocycles. The fourth-order valence-electron chi connectivity index (χ4n) is 2.23. The standard InChI is InChI=1S/C20H18OS2/c21-19(16-10-4-1-5-11-16)20(22-17-12-6-2-7-13-17)23-18-14-8-3-9-15-18/h1-15,19-21H. The smallest absolute Gasteiger partial charge is 0.101 e. The Morgan fingerprint density at radius 3 is 1.39 bits per heavy atom. The Kier molecular flexibility index (Phi) is 5.81. The summed E-state index contributed by atoms with van der Waals surface area (Å²) in [6, 6.07) is 30.3. The molecule has 0 radical (unpaired) electrons. The summed E-state index contributed by atoms with van der Waals surface area (Å²) in [5.41, 5.74) is 0.948. The van der Waals surface area contributed by atoms with E-state index < -0.39 is 6.10 Å². The van der Waals surface area contributed by atoms with Crippen LogP contribution in [0.15, 0.2) is 101 Å². The van der Waals surface area contributed by atoms with Crippen molar-refractivity contribution in [2.45, 2.75) is 20.5 Å². The molecule has 3 heteroatoms. The molecular weight excluding hydrogens is 320 g/mol. The summed E-state index contributed by atoms with van der Waals surface area (Å²) < 4.78 is -0.0119. The minimum absolute atomic E-state index is 0.0119. The van der Waals surface area contributed by atoms with E-state index in [9.17, 15) is 5.11 Å². The largest absolute Gasteiger partial charge is 0.386 e. The van der Waals surface area contributed by atoms with Crippen LogP contribution in [0.5, 0.6) is 0 Å². The van der Waals surface area contributed by atoms with Gasteiger partial charge in [0.1, 0.15) is 6.10 Å². The average Bonchev–Trinajstić information content (AvgIpc) is 2.63. The topological polar surface area (TPSA) is 20.2 Å². The van der Waals surface area contributed by atoms with Gasteiger partial charge < -0.3 is 5.11 Å². The Morgan fingerprint density at radius 1 is 0.565 bits per heavy atom. The number of aliphatic hydroxyl groups is 1. The van der Waals surface area contributed by atoms with Gasteiger partial charge in [0.15, 0.2) is 0 Å². The molecule has 1 nitrogen and oxygen atoms in total. The van der Waals surface area contributed by atoms with Gasteiger partial charge in [0.2, 0.25) is 0 Å². The van der Waals surface area contributed by atoms with Gasteiger partial charge in [-0.05, 0) is 29.8 Å². The minimum Gasteiger partial charge on any atom is -0.386 e. The van der Waals surface area contributed by atoms with Crippen LogP contribution in [0.1, 0.15) is 11.7 Å². The highest BCUT2D eigenvalue weighted by molar-refractivity contribution is 8.17. The molecule has 0 fully saturated rings. The summed E-state index contributed by atoms with van der Waals surface area (Å²) in [7, 11) is 0. The zero-order valence-corrected chi connectivity index (χ0v) is 14.2. The van der Waals surface area contributed by atoms with Crippen LogP contribution in [-0.2, 0) is 0 Å². The van der Waals surface area contributed by atoms with Crippen LogP contribution in [0.2, 0.25) is 0 Å². The van der Waals surface area contributed by atoms with Crippen LogP contribution >= 0.6 is 23.5 Å². The molecule has 1 atom stereocenters. The number of rotatable bonds is 6. The first-order chi connectivity index (χ1) is 11.3. The predicted octanol–water partition coefficient (Wildman–Crippen LogP) is 5.63. The lowest BCUT2D eigenvalue weighted by Gasteiger charge is -2.22. The maximum absolute atomic E-state index is 10.9. The SMILES string of the molecule is OC(c1ccccc1)C(Sc1ccccc1)Sc1ccccc1. The van der Waals surface area contributed by atoms with Crippen LogP contribution in [-0.4, -0.2) is 9.69 Å². The Morgan fingerprint density at radius 2 is 0.957 bits per heavy atom. The lowest BCUT2D eigenvalue weighted by Crippen LogP contribution is -2.11. The van der Waals surface area contributed by atoms with E-state index in [-0.39, 0.29) is 4.58 Å². The van der Waals surface area contributed by atoms with E-state index in [2.05, 4.69) is 24.3 Å². The Balaban J connectivity index is 1.83. The Bertz CT molecular complexity index is 660. The van der Waals surface area contributed by atoms with Crippen molar-refractivity contribution in [1.82, 2.24) is 0 Å². The van der Waals surface area contributed by atoms with E-state index in [0.29, 0.717) is 0 Å². The zero-order chi connectivity index (χ0) is 15.9. The molecule has 0 saturated heterocycles. The maximum Gasteiger partial charge on any atom is 0.101 e. The fourth-order valence-corrected chi connectivity index (χ4v) is 4.82. The zero-order valence-electron chi connectivity index (χ0n) is 12.6. The van der Waals surface area contributed by atoms with Crippen LogP contribution < -0.4 is 0 Å². The van der Waals surface area contributed by atoms with Gasteiger partial charge in [-0.2, -0.15) is 0 Å². The maximum atomic E-state index is 10.9. The highest BCUT2D eigenvalue weighted by atomic mass is 32.2. The minimum atomic E-state index is -0.536. The molecule has 0 aliphatic rings. The summed E-state index contributed by atoms with van der Waals surface area (Å²) in [5, 5.41) is 10.9. The second kappa shape index (κ2) is 8.25. The molecule has 0 bridgehead atoms. The molecule has 23 heavy (non-hydrogen) atoms. The van der Waals surface area contributed by atoms with Crippen LogP contribution in [0.25, 0.3) is 0 Å². The van der Waals surface area contributed by atoms with E-state index in [1.807, 2.05) is 66.7 Å². The van der Waals surface area contributed by atoms with Gasteiger partial charge in [-0.1, -0.05) is 66.7 Å². The molecule has 0 aliphatic carbocycles. The third kappa shape index (κ3) is 4.64. The number of hydrogen-bond acceptors (Lipinski definition) is 3. The van der Waals surface area contributed by atoms with E-state index >= 15 is 0 Å². The van der Waals surface area contributed by atoms with Crippen molar-refractivity contribution < 1.29 is 5.11 Å². The van der Waals surface area contributed by atoms with Crippen molar-refractivity contribution >= 4 is 23.5 Å². The van der Waals surface area contributed by atoms with Crippen molar-refractivity contribution in [2.24, 2.45) is 0 Å². The third-order valence-corrected chi connectivity index (χ3v) is 6.04. The number of thioether (sulfide) groups is 2. The summed E-state index contributed by atoms with van der Waals surface area (Å²) in [4.78, 5) is 2.33. The number of aliphatic hydroxyl groups excluding tert-OH is 1. The van der Waals surface area contributed by atoms with Crippen LogP contribution in [0.3, 0.4) is 0 Å². The van der Waals surface area contributed by atoms with E-state index in [0.717, 1.165) is 15.4 Å². The molecule has 3 aromatic carbocycles. The van der Waals surface area contributed by atoms with Gasteiger partial charge in [-0.25, -0.2) is 0 Å². The predicted molar refractivity (Wildman–Crippen MR) is 99.8 cm³/mol. The number of hydrogen-bond donors (Lipinski definition) is 1. The molecule has 3 rings (SSSR count). The molecule has 0 aromatic heterocycles. The summed E-state index contributed by atoms with van der Waals surface area (Å²) in [5.74, 6) is 0. The van der Waals surface area contributed by atoms with E-state index in [1.165, 1.54) is 0 Å². The third-order valence-electron chi connectivity index (χ3n) is 3.39. The van der Waals surface area contributed by atoms with Crippen LogP contribution in [0.4, 0.5) is 0 Å². The second-order valence-corrected chi connectivity index (χ2v) is 7.81. The normalized spacial score (nSPS) is 12.3. The first-order valence-electron chi connectivity index (χ1n) is 7.49. The van der Waals surface area contributed by atoms with Gasteiger partial charge >= 0.3 is 0 Å². The van der Waals surface area contributed by atoms with Gasteiger partial charge in [-0.15, -0.1) is 23.5 Å². The first kappa shape index (κ1) is 16.2. The summed E-state index contributed by atoms with van der Waals surface area (Å²) in [6.07, 6.45) is -0.536. The van der Waals surface area contributed by atoms with Gasteiger partial charge in [0.05, 0.1) is 4.58 Å². The first-order valence-corrected chi connectivity index (χ1v) is 9.25. The Hall–Kier alpha value is -1.68. The molecule has 0 aliphatic heterocycles. The van der Waals surface area contributed by atoms with Crippen molar-refractivity contribution in [3.63, 3.8) is 0 Å². The fraction of sp³-hybridized carbons (Fsp3) is 0.100. The monoisotopic (exact) mass is 338 g/mol. The molecular formula is C20H18OS2. The van der Waals surface area contributed by atoms with Gasteiger partial charge in [0.25, 0.3) is 0 Å². The molecule has 116 valence electrons. The number of benzene rings is 3. The second-order valence-electron chi connectivity index (χ2n) is 5.09. The molecule has 0 spiro atoms. The van der Waals surface area contributed by atoms with Crippen molar-refractivity contribution in [1.29, 1.82) is 0 Å². The quantitative estimate of drug-likeness (QED) is 0.464. The summed E-state index contributed by atoms with van der Waals surface area (Å²) in [6.45, 7) is 0. The molecule has 1 unspecified atom stereocenters. The van der Waals surface area contributed by atoms with Crippen LogP contribution in [0, 0.1) is 0 Å². The average molecular weight is 338 g/mol. The van der Waals surface area contributed by atoms with Gasteiger partial charge in [-0.3, -0.25) is 0 Å². The molecule has 0 amide bonds.